The van der Waals surface area contributed by atoms with Crippen LogP contribution in [0, 0.1) is 0 Å². The lowest BCUT2D eigenvalue weighted by atomic mass is 10.1. The summed E-state index contributed by atoms with van der Waals surface area (Å²) in [5, 5.41) is 24.2. The third-order valence-electron chi connectivity index (χ3n) is 5.10. The molecule has 0 spiro atoms. The Morgan fingerprint density at radius 3 is 2.81 bits per heavy atom. The van der Waals surface area contributed by atoms with Gasteiger partial charge in [0.1, 0.15) is 17.3 Å². The van der Waals surface area contributed by atoms with Crippen LogP contribution in [0.25, 0.3) is 10.9 Å². The van der Waals surface area contributed by atoms with E-state index < -0.39 is 22.7 Å². The molecule has 36 heavy (non-hydrogen) atoms. The van der Waals surface area contributed by atoms with Crippen molar-refractivity contribution in [3.63, 3.8) is 0 Å². The third-order valence-corrected chi connectivity index (χ3v) is 6.44. The first-order valence-electron chi connectivity index (χ1n) is 10.8. The zero-order chi connectivity index (χ0) is 25.7. The Bertz CT molecular complexity index is 1430. The number of aromatic nitrogens is 4. The van der Waals surface area contributed by atoms with Crippen LogP contribution < -0.4 is 19.5 Å². The lowest BCUT2D eigenvalue weighted by Gasteiger charge is -2.14. The number of rotatable bonds is 12. The second-order valence-corrected chi connectivity index (χ2v) is 9.45. The number of halogens is 2. The fourth-order valence-corrected chi connectivity index (χ4v) is 4.43. The van der Waals surface area contributed by atoms with Gasteiger partial charge < -0.3 is 19.9 Å². The average molecular weight is 523 g/mol. The van der Waals surface area contributed by atoms with Crippen molar-refractivity contribution in [3.8, 4) is 11.6 Å². The van der Waals surface area contributed by atoms with Gasteiger partial charge in [-0.1, -0.05) is 12.1 Å². The molecule has 1 atom stereocenters. The number of hydrogen-bond donors (Lipinski definition) is 4. The Balaban J connectivity index is 1.25. The van der Waals surface area contributed by atoms with Gasteiger partial charge in [0.15, 0.2) is 0 Å². The van der Waals surface area contributed by atoms with Crippen molar-refractivity contribution in [2.24, 2.45) is 7.05 Å². The van der Waals surface area contributed by atoms with Crippen molar-refractivity contribution in [1.82, 2.24) is 25.3 Å². The second-order valence-electron chi connectivity index (χ2n) is 7.76. The van der Waals surface area contributed by atoms with Crippen LogP contribution in [0.15, 0.2) is 59.8 Å². The number of sulfonamides is 1. The first kappa shape index (κ1) is 25.3. The SMILES string of the molecule is Cn1cc(S(=O)(=O)Nc2cccc([C@@H](O)CNCCOc3ccc4c(OC(F)F)n[nH]c4c3)c2)cn1. The molecule has 0 saturated heterocycles. The number of ether oxygens (including phenoxy) is 2. The molecule has 192 valence electrons. The lowest BCUT2D eigenvalue weighted by Crippen LogP contribution is -2.26. The van der Waals surface area contributed by atoms with Gasteiger partial charge in [0, 0.05) is 38.1 Å². The minimum absolute atomic E-state index is 0.0335. The van der Waals surface area contributed by atoms with Gasteiger partial charge in [0.05, 0.1) is 23.2 Å². The number of aryl methyl sites for hydroxylation is 1. The number of H-pyrrole nitrogens is 1. The maximum atomic E-state index is 12.5. The Labute approximate surface area is 205 Å². The molecule has 4 N–H and O–H groups in total. The third kappa shape index (κ3) is 6.27. The zero-order valence-corrected chi connectivity index (χ0v) is 19.9. The minimum Gasteiger partial charge on any atom is -0.492 e. The number of alkyl halides is 2. The lowest BCUT2D eigenvalue weighted by molar-refractivity contribution is -0.0518. The molecule has 14 heteroatoms. The van der Waals surface area contributed by atoms with Crippen molar-refractivity contribution in [1.29, 1.82) is 0 Å². The highest BCUT2D eigenvalue weighted by Gasteiger charge is 2.17. The molecule has 0 radical (unpaired) electrons. The molecule has 0 fully saturated rings. The largest absolute Gasteiger partial charge is 0.492 e. The Kier molecular flexibility index (Phi) is 7.67. The fraction of sp³-hybridized carbons (Fsp3) is 0.273. The van der Waals surface area contributed by atoms with Gasteiger partial charge in [0.25, 0.3) is 10.0 Å². The normalized spacial score (nSPS) is 12.7. The van der Waals surface area contributed by atoms with E-state index in [0.717, 1.165) is 0 Å². The summed E-state index contributed by atoms with van der Waals surface area (Å²) in [6.07, 6.45) is 1.75. The van der Waals surface area contributed by atoms with Crippen LogP contribution in [0.1, 0.15) is 11.7 Å². The number of aliphatic hydroxyl groups is 1. The van der Waals surface area contributed by atoms with E-state index in [4.69, 9.17) is 4.74 Å². The van der Waals surface area contributed by atoms with Gasteiger partial charge >= 0.3 is 6.61 Å². The maximum absolute atomic E-state index is 12.5. The predicted octanol–water partition coefficient (Wildman–Crippen LogP) is 2.40. The van der Waals surface area contributed by atoms with Crippen LogP contribution >= 0.6 is 0 Å². The van der Waals surface area contributed by atoms with Gasteiger partial charge in [-0.05, 0) is 29.8 Å². The Morgan fingerprint density at radius 1 is 1.22 bits per heavy atom. The van der Waals surface area contributed by atoms with E-state index in [9.17, 15) is 22.3 Å². The summed E-state index contributed by atoms with van der Waals surface area (Å²) in [6, 6.07) is 11.3. The van der Waals surface area contributed by atoms with Crippen molar-refractivity contribution in [2.75, 3.05) is 24.4 Å². The highest BCUT2D eigenvalue weighted by atomic mass is 32.2. The van der Waals surface area contributed by atoms with E-state index in [1.807, 2.05) is 0 Å². The molecule has 2 aromatic carbocycles. The number of nitrogens with zero attached hydrogens (tertiary/aromatic N) is 3. The van der Waals surface area contributed by atoms with E-state index in [-0.39, 0.29) is 23.9 Å². The number of anilines is 1. The topological polar surface area (TPSA) is 143 Å². The summed E-state index contributed by atoms with van der Waals surface area (Å²) in [7, 11) is -2.18. The number of aromatic amines is 1. The monoisotopic (exact) mass is 522 g/mol. The second kappa shape index (κ2) is 10.9. The molecule has 0 aliphatic carbocycles. The van der Waals surface area contributed by atoms with Gasteiger partial charge in [0.2, 0.25) is 5.88 Å². The van der Waals surface area contributed by atoms with Gasteiger partial charge in [-0.3, -0.25) is 14.5 Å². The maximum Gasteiger partial charge on any atom is 0.388 e. The Hall–Kier alpha value is -3.75. The number of nitrogens with one attached hydrogen (secondary N) is 3. The van der Waals surface area contributed by atoms with Crippen molar-refractivity contribution < 1.29 is 31.8 Å². The zero-order valence-electron chi connectivity index (χ0n) is 19.1. The molecule has 0 aliphatic rings. The number of benzene rings is 2. The smallest absolute Gasteiger partial charge is 0.388 e. The molecule has 2 heterocycles. The number of fused-ring (bicyclic) bond motifs is 1. The van der Waals surface area contributed by atoms with Crippen LogP contribution in [0.5, 0.6) is 11.6 Å². The quantitative estimate of drug-likeness (QED) is 0.208. The van der Waals surface area contributed by atoms with Crippen LogP contribution in [0.3, 0.4) is 0 Å². The van der Waals surface area contributed by atoms with Gasteiger partial charge in [-0.15, -0.1) is 5.10 Å². The molecule has 0 unspecified atom stereocenters. The number of hydrogen-bond acceptors (Lipinski definition) is 8. The van der Waals surface area contributed by atoms with E-state index in [1.54, 1.807) is 49.5 Å². The molecule has 4 aromatic rings. The fourth-order valence-electron chi connectivity index (χ4n) is 3.40. The number of aliphatic hydroxyl groups excluding tert-OH is 1. The molecule has 0 aliphatic heterocycles. The molecular weight excluding hydrogens is 498 g/mol. The summed E-state index contributed by atoms with van der Waals surface area (Å²) < 4.78 is 63.6. The Morgan fingerprint density at radius 2 is 2.06 bits per heavy atom. The summed E-state index contributed by atoms with van der Waals surface area (Å²) in [5.41, 5.74) is 1.34. The molecule has 11 nitrogen and oxygen atoms in total. The summed E-state index contributed by atoms with van der Waals surface area (Å²) in [5.74, 6) is 0.321. The highest BCUT2D eigenvalue weighted by Crippen LogP contribution is 2.27. The molecular formula is C22H24F2N6O5S. The molecule has 4 rings (SSSR count). The first-order chi connectivity index (χ1) is 17.2. The van der Waals surface area contributed by atoms with Crippen LogP contribution in [0.2, 0.25) is 0 Å². The summed E-state index contributed by atoms with van der Waals surface area (Å²) in [4.78, 5) is 0.0335. The molecule has 0 amide bonds. The first-order valence-corrected chi connectivity index (χ1v) is 12.3. The molecule has 2 aromatic heterocycles. The standard InChI is InChI=1S/C22H24F2N6O5S/c1-30-13-17(11-26-30)36(32,33)29-15-4-2-3-14(9-15)20(31)12-25-7-8-34-16-5-6-18-19(10-16)27-28-21(18)35-22(23)24/h2-6,9-11,13,20,22,25,29,31H,7-8,12H2,1H3,(H,27,28)/t20-/m0/s1. The average Bonchev–Trinajstić information content (AvgIpc) is 3.45. The van der Waals surface area contributed by atoms with E-state index in [0.29, 0.717) is 34.4 Å². The van der Waals surface area contributed by atoms with Gasteiger partial charge in [-0.25, -0.2) is 8.42 Å². The summed E-state index contributed by atoms with van der Waals surface area (Å²) in [6.45, 7) is -2.08. The van der Waals surface area contributed by atoms with Crippen LogP contribution in [-0.4, -0.2) is 59.8 Å². The molecule has 0 saturated carbocycles. The minimum atomic E-state index is -3.80. The van der Waals surface area contributed by atoms with E-state index in [1.165, 1.54) is 17.1 Å². The van der Waals surface area contributed by atoms with Gasteiger partial charge in [-0.2, -0.15) is 13.9 Å². The van der Waals surface area contributed by atoms with Crippen molar-refractivity contribution in [2.45, 2.75) is 17.6 Å². The predicted molar refractivity (Wildman–Crippen MR) is 127 cm³/mol. The molecule has 0 bridgehead atoms. The van der Waals surface area contributed by atoms with E-state index >= 15 is 0 Å². The van der Waals surface area contributed by atoms with Crippen LogP contribution in [0.4, 0.5) is 14.5 Å². The van der Waals surface area contributed by atoms with Crippen LogP contribution in [-0.2, 0) is 17.1 Å². The summed E-state index contributed by atoms with van der Waals surface area (Å²) >= 11 is 0. The van der Waals surface area contributed by atoms with E-state index in [2.05, 4.69) is 30.1 Å². The highest BCUT2D eigenvalue weighted by molar-refractivity contribution is 7.92. The van der Waals surface area contributed by atoms with Crippen molar-refractivity contribution >= 4 is 26.6 Å². The van der Waals surface area contributed by atoms with Crippen molar-refractivity contribution in [3.05, 3.63) is 60.4 Å².